The largest absolute Gasteiger partial charge is 0.507 e. The standard InChI is InChI=1S/C27H35N3O6S/c1-6-18-36-21-12-8-19(9-13-21)24-23(26(32)27(33)30(24)17-7-16-28(2)3)25(31)20-10-14-22(15-11-20)37(34,35)29(4)5/h8-15,24,31H,6-7,16-18H2,1-5H3/b25-23+/t24-/m1/s1. The Balaban J connectivity index is 2.05. The van der Waals surface area contributed by atoms with Crippen LogP contribution in [-0.2, 0) is 19.6 Å². The second-order valence-corrected chi connectivity index (χ2v) is 11.5. The molecule has 0 bridgehead atoms. The Bertz CT molecular complexity index is 1250. The van der Waals surface area contributed by atoms with Crippen LogP contribution < -0.4 is 4.74 Å². The van der Waals surface area contributed by atoms with Crippen LogP contribution >= 0.6 is 0 Å². The first-order valence-electron chi connectivity index (χ1n) is 12.2. The number of hydrogen-bond donors (Lipinski definition) is 1. The number of aliphatic hydroxyl groups is 1. The smallest absolute Gasteiger partial charge is 0.295 e. The molecule has 37 heavy (non-hydrogen) atoms. The molecule has 1 amide bonds. The van der Waals surface area contributed by atoms with Gasteiger partial charge in [-0.15, -0.1) is 0 Å². The van der Waals surface area contributed by atoms with Crippen molar-refractivity contribution in [3.8, 4) is 5.75 Å². The predicted molar refractivity (Wildman–Crippen MR) is 142 cm³/mol. The number of nitrogens with zero attached hydrogens (tertiary/aromatic N) is 3. The molecule has 1 fully saturated rings. The highest BCUT2D eigenvalue weighted by Crippen LogP contribution is 2.40. The van der Waals surface area contributed by atoms with Crippen molar-refractivity contribution in [1.82, 2.24) is 14.1 Å². The average Bonchev–Trinajstić information content (AvgIpc) is 3.12. The van der Waals surface area contributed by atoms with E-state index in [1.54, 1.807) is 24.3 Å². The average molecular weight is 530 g/mol. The predicted octanol–water partition coefficient (Wildman–Crippen LogP) is 3.10. The third-order valence-electron chi connectivity index (χ3n) is 6.12. The molecule has 0 unspecified atom stereocenters. The summed E-state index contributed by atoms with van der Waals surface area (Å²) in [5, 5.41) is 11.2. The van der Waals surface area contributed by atoms with E-state index in [9.17, 15) is 23.1 Å². The fourth-order valence-corrected chi connectivity index (χ4v) is 5.03. The van der Waals surface area contributed by atoms with Gasteiger partial charge in [-0.2, -0.15) is 0 Å². The van der Waals surface area contributed by atoms with E-state index in [-0.39, 0.29) is 21.8 Å². The van der Waals surface area contributed by atoms with Crippen LogP contribution in [0.1, 0.15) is 36.9 Å². The van der Waals surface area contributed by atoms with Crippen molar-refractivity contribution < 1.29 is 27.9 Å². The lowest BCUT2D eigenvalue weighted by atomic mass is 9.95. The van der Waals surface area contributed by atoms with Crippen molar-refractivity contribution in [3.63, 3.8) is 0 Å². The number of sulfonamides is 1. The summed E-state index contributed by atoms with van der Waals surface area (Å²) < 4.78 is 31.6. The van der Waals surface area contributed by atoms with Gasteiger partial charge < -0.3 is 19.6 Å². The Morgan fingerprint density at radius 3 is 2.16 bits per heavy atom. The van der Waals surface area contributed by atoms with Crippen LogP contribution in [0.15, 0.2) is 59.0 Å². The van der Waals surface area contributed by atoms with Crippen LogP contribution in [0.5, 0.6) is 5.75 Å². The van der Waals surface area contributed by atoms with Gasteiger partial charge in [-0.1, -0.05) is 19.1 Å². The molecule has 2 aromatic rings. The van der Waals surface area contributed by atoms with E-state index in [2.05, 4.69) is 0 Å². The number of Topliss-reactive ketones (excluding diaryl/α,β-unsaturated/α-hetero) is 1. The molecule has 1 saturated heterocycles. The maximum absolute atomic E-state index is 13.2. The number of carbonyl (C=O) groups is 2. The maximum atomic E-state index is 13.2. The van der Waals surface area contributed by atoms with E-state index < -0.39 is 27.8 Å². The monoisotopic (exact) mass is 529 g/mol. The van der Waals surface area contributed by atoms with Gasteiger partial charge in [0.05, 0.1) is 23.1 Å². The molecule has 9 nitrogen and oxygen atoms in total. The summed E-state index contributed by atoms with van der Waals surface area (Å²) in [6, 6.07) is 12.0. The Labute approximate surface area is 219 Å². The first-order valence-corrected chi connectivity index (χ1v) is 13.6. The van der Waals surface area contributed by atoms with E-state index in [1.807, 2.05) is 25.9 Å². The number of likely N-dealkylation sites (tertiary alicyclic amines) is 1. The molecular weight excluding hydrogens is 494 g/mol. The van der Waals surface area contributed by atoms with Gasteiger partial charge in [-0.25, -0.2) is 12.7 Å². The number of benzene rings is 2. The molecule has 0 aliphatic carbocycles. The second-order valence-electron chi connectivity index (χ2n) is 9.38. The van der Waals surface area contributed by atoms with Gasteiger partial charge in [0.25, 0.3) is 11.7 Å². The zero-order valence-corrected chi connectivity index (χ0v) is 22.8. The summed E-state index contributed by atoms with van der Waals surface area (Å²) in [6.07, 6.45) is 1.51. The SMILES string of the molecule is CCCOc1ccc([C@@H]2/C(=C(\O)c3ccc(S(=O)(=O)N(C)C)cc3)C(=O)C(=O)N2CCCN(C)C)cc1. The molecule has 200 valence electrons. The van der Waals surface area contributed by atoms with E-state index in [1.165, 1.54) is 43.3 Å². The van der Waals surface area contributed by atoms with E-state index in [0.717, 1.165) is 17.3 Å². The topological polar surface area (TPSA) is 107 Å². The third-order valence-corrected chi connectivity index (χ3v) is 7.95. The quantitative estimate of drug-likeness (QED) is 0.271. The van der Waals surface area contributed by atoms with Crippen molar-refractivity contribution in [1.29, 1.82) is 0 Å². The summed E-state index contributed by atoms with van der Waals surface area (Å²) in [5.74, 6) is -1.13. The van der Waals surface area contributed by atoms with Crippen LogP contribution in [0, 0.1) is 0 Å². The van der Waals surface area contributed by atoms with Gasteiger partial charge in [0, 0.05) is 26.2 Å². The van der Waals surface area contributed by atoms with Crippen LogP contribution in [0.2, 0.25) is 0 Å². The Morgan fingerprint density at radius 1 is 1.00 bits per heavy atom. The third kappa shape index (κ3) is 6.20. The molecule has 1 heterocycles. The molecule has 0 saturated carbocycles. The molecule has 0 spiro atoms. The van der Waals surface area contributed by atoms with Crippen LogP contribution in [0.4, 0.5) is 0 Å². The highest BCUT2D eigenvalue weighted by Gasteiger charge is 2.45. The van der Waals surface area contributed by atoms with E-state index >= 15 is 0 Å². The minimum absolute atomic E-state index is 0.0275. The van der Waals surface area contributed by atoms with E-state index in [4.69, 9.17) is 4.74 Å². The number of rotatable bonds is 11. The maximum Gasteiger partial charge on any atom is 0.295 e. The minimum Gasteiger partial charge on any atom is -0.507 e. The first kappa shape index (κ1) is 28.4. The normalized spacial score (nSPS) is 17.7. The van der Waals surface area contributed by atoms with Crippen LogP contribution in [0.3, 0.4) is 0 Å². The first-order chi connectivity index (χ1) is 17.5. The summed E-state index contributed by atoms with van der Waals surface area (Å²) >= 11 is 0. The van der Waals surface area contributed by atoms with Crippen LogP contribution in [0.25, 0.3) is 5.76 Å². The fourth-order valence-electron chi connectivity index (χ4n) is 4.13. The number of aliphatic hydroxyl groups excluding tert-OH is 1. The lowest BCUT2D eigenvalue weighted by molar-refractivity contribution is -0.139. The summed E-state index contributed by atoms with van der Waals surface area (Å²) in [6.45, 7) is 3.64. The second kappa shape index (κ2) is 11.9. The molecule has 1 N–H and O–H groups in total. The fraction of sp³-hybridized carbons (Fsp3) is 0.407. The Morgan fingerprint density at radius 2 is 1.62 bits per heavy atom. The molecular formula is C27H35N3O6S. The molecule has 1 aliphatic heterocycles. The highest BCUT2D eigenvalue weighted by molar-refractivity contribution is 7.89. The zero-order chi connectivity index (χ0) is 27.3. The van der Waals surface area contributed by atoms with Gasteiger partial charge in [0.15, 0.2) is 0 Å². The van der Waals surface area contributed by atoms with Gasteiger partial charge in [0.2, 0.25) is 10.0 Å². The number of amides is 1. The molecule has 10 heteroatoms. The van der Waals surface area contributed by atoms with Crippen molar-refractivity contribution in [2.24, 2.45) is 0 Å². The highest BCUT2D eigenvalue weighted by atomic mass is 32.2. The van der Waals surface area contributed by atoms with Gasteiger partial charge in [-0.3, -0.25) is 9.59 Å². The molecule has 1 atom stereocenters. The Kier molecular flexibility index (Phi) is 9.12. The number of carbonyl (C=O) groups excluding carboxylic acids is 2. The molecule has 0 aromatic heterocycles. The number of ketones is 1. The number of hydrogen-bond acceptors (Lipinski definition) is 7. The molecule has 1 aliphatic rings. The molecule has 0 radical (unpaired) electrons. The van der Waals surface area contributed by atoms with Crippen LogP contribution in [-0.4, -0.2) is 87.2 Å². The van der Waals surface area contributed by atoms with Gasteiger partial charge in [0.1, 0.15) is 11.5 Å². The summed E-state index contributed by atoms with van der Waals surface area (Å²) in [4.78, 5) is 29.8. The van der Waals surface area contributed by atoms with Crippen molar-refractivity contribution >= 4 is 27.5 Å². The zero-order valence-electron chi connectivity index (χ0n) is 22.0. The lowest BCUT2D eigenvalue weighted by Crippen LogP contribution is -2.32. The molecule has 3 rings (SSSR count). The summed E-state index contributed by atoms with van der Waals surface area (Å²) in [5.41, 5.74) is 0.887. The lowest BCUT2D eigenvalue weighted by Gasteiger charge is -2.26. The van der Waals surface area contributed by atoms with Crippen molar-refractivity contribution in [2.75, 3.05) is 47.9 Å². The molecule has 2 aromatic carbocycles. The van der Waals surface area contributed by atoms with Gasteiger partial charge in [-0.05, 0) is 75.4 Å². The summed E-state index contributed by atoms with van der Waals surface area (Å²) in [7, 11) is 3.06. The minimum atomic E-state index is -3.66. The van der Waals surface area contributed by atoms with Crippen molar-refractivity contribution in [2.45, 2.75) is 30.7 Å². The van der Waals surface area contributed by atoms with Crippen molar-refractivity contribution in [3.05, 3.63) is 65.2 Å². The van der Waals surface area contributed by atoms with E-state index in [0.29, 0.717) is 30.9 Å². The van der Waals surface area contributed by atoms with Gasteiger partial charge >= 0.3 is 0 Å². The Hall–Kier alpha value is -3.21. The number of ether oxygens (including phenoxy) is 1.